The van der Waals surface area contributed by atoms with Gasteiger partial charge in [-0.2, -0.15) is 18.3 Å². The summed E-state index contributed by atoms with van der Waals surface area (Å²) in [6, 6.07) is 4.26. The van der Waals surface area contributed by atoms with Crippen LogP contribution in [0.5, 0.6) is 0 Å². The number of aromatic nitrogens is 2. The SMILES string of the molecule is O=Cc1cc(Cl)ccc1-n1cc(C(F)(F)F)cn1. The zero-order valence-corrected chi connectivity index (χ0v) is 9.53. The molecule has 0 unspecified atom stereocenters. The van der Waals surface area contributed by atoms with E-state index in [9.17, 15) is 18.0 Å². The van der Waals surface area contributed by atoms with E-state index in [0.717, 1.165) is 10.9 Å². The fourth-order valence-corrected chi connectivity index (χ4v) is 1.61. The Labute approximate surface area is 105 Å². The number of nitrogens with zero attached hydrogens (tertiary/aromatic N) is 2. The van der Waals surface area contributed by atoms with Crippen LogP contribution in [0.4, 0.5) is 13.2 Å². The van der Waals surface area contributed by atoms with Crippen molar-refractivity contribution in [2.75, 3.05) is 0 Å². The number of alkyl halides is 3. The van der Waals surface area contributed by atoms with Gasteiger partial charge in [-0.15, -0.1) is 0 Å². The minimum Gasteiger partial charge on any atom is -0.298 e. The molecule has 7 heteroatoms. The third-order valence-electron chi connectivity index (χ3n) is 2.27. The van der Waals surface area contributed by atoms with Crippen LogP contribution in [0.25, 0.3) is 5.69 Å². The number of hydrogen-bond donors (Lipinski definition) is 0. The van der Waals surface area contributed by atoms with Crippen molar-refractivity contribution in [2.45, 2.75) is 6.18 Å². The highest BCUT2D eigenvalue weighted by Crippen LogP contribution is 2.29. The molecule has 0 aliphatic carbocycles. The molecule has 2 rings (SSSR count). The molecule has 2 aromatic rings. The lowest BCUT2D eigenvalue weighted by Crippen LogP contribution is -2.03. The first-order valence-corrected chi connectivity index (χ1v) is 5.16. The Hall–Kier alpha value is -1.82. The van der Waals surface area contributed by atoms with E-state index in [1.807, 2.05) is 0 Å². The maximum Gasteiger partial charge on any atom is 0.419 e. The average molecular weight is 275 g/mol. The van der Waals surface area contributed by atoms with Crippen LogP contribution in [0.2, 0.25) is 5.02 Å². The lowest BCUT2D eigenvalue weighted by molar-refractivity contribution is -0.137. The fraction of sp³-hybridized carbons (Fsp3) is 0.0909. The molecule has 1 aromatic heterocycles. The van der Waals surface area contributed by atoms with Crippen LogP contribution in [0.15, 0.2) is 30.6 Å². The van der Waals surface area contributed by atoms with E-state index in [-0.39, 0.29) is 11.3 Å². The monoisotopic (exact) mass is 274 g/mol. The highest BCUT2D eigenvalue weighted by molar-refractivity contribution is 6.30. The Bertz CT molecular complexity index is 592. The van der Waals surface area contributed by atoms with Crippen LogP contribution in [0.1, 0.15) is 15.9 Å². The quantitative estimate of drug-likeness (QED) is 0.787. The summed E-state index contributed by atoms with van der Waals surface area (Å²) < 4.78 is 38.2. The van der Waals surface area contributed by atoms with Crippen LogP contribution in [0, 0.1) is 0 Å². The summed E-state index contributed by atoms with van der Waals surface area (Å²) in [4.78, 5) is 10.8. The molecule has 0 aliphatic rings. The second kappa shape index (κ2) is 4.45. The molecule has 0 N–H and O–H groups in total. The van der Waals surface area contributed by atoms with Crippen molar-refractivity contribution in [3.8, 4) is 5.69 Å². The molecular weight excluding hydrogens is 269 g/mol. The predicted octanol–water partition coefficient (Wildman–Crippen LogP) is 3.36. The van der Waals surface area contributed by atoms with E-state index in [4.69, 9.17) is 11.6 Å². The van der Waals surface area contributed by atoms with Crippen molar-refractivity contribution in [3.63, 3.8) is 0 Å². The standard InChI is InChI=1S/C11H6ClF3N2O/c12-9-1-2-10(7(3-9)6-18)17-5-8(4-16-17)11(13,14)15/h1-6H. The Balaban J connectivity index is 2.49. The largest absolute Gasteiger partial charge is 0.419 e. The van der Waals surface area contributed by atoms with E-state index >= 15 is 0 Å². The van der Waals surface area contributed by atoms with Crippen molar-refractivity contribution >= 4 is 17.9 Å². The first-order valence-electron chi connectivity index (χ1n) is 4.79. The summed E-state index contributed by atoms with van der Waals surface area (Å²) >= 11 is 5.69. The summed E-state index contributed by atoms with van der Waals surface area (Å²) in [7, 11) is 0. The Morgan fingerprint density at radius 2 is 2.06 bits per heavy atom. The van der Waals surface area contributed by atoms with Gasteiger partial charge in [0.15, 0.2) is 6.29 Å². The van der Waals surface area contributed by atoms with E-state index in [1.165, 1.54) is 18.2 Å². The topological polar surface area (TPSA) is 34.9 Å². The van der Waals surface area contributed by atoms with E-state index in [0.29, 0.717) is 17.5 Å². The molecule has 0 radical (unpaired) electrons. The normalized spacial score (nSPS) is 11.6. The number of halogens is 4. The zero-order chi connectivity index (χ0) is 13.3. The Morgan fingerprint density at radius 1 is 1.33 bits per heavy atom. The molecule has 0 saturated heterocycles. The molecule has 0 bridgehead atoms. The Kier molecular flexibility index (Phi) is 3.13. The Morgan fingerprint density at radius 3 is 2.61 bits per heavy atom. The molecule has 1 heterocycles. The summed E-state index contributed by atoms with van der Waals surface area (Å²) in [6.07, 6.45) is -2.44. The number of aldehydes is 1. The first kappa shape index (κ1) is 12.6. The molecule has 3 nitrogen and oxygen atoms in total. The highest BCUT2D eigenvalue weighted by Gasteiger charge is 2.32. The minimum absolute atomic E-state index is 0.166. The maximum atomic E-state index is 12.4. The number of rotatable bonds is 2. The molecule has 18 heavy (non-hydrogen) atoms. The molecule has 0 fully saturated rings. The van der Waals surface area contributed by atoms with Gasteiger partial charge >= 0.3 is 6.18 Å². The third kappa shape index (κ3) is 2.38. The molecule has 0 spiro atoms. The first-order chi connectivity index (χ1) is 8.41. The minimum atomic E-state index is -4.47. The molecule has 1 aromatic carbocycles. The van der Waals surface area contributed by atoms with E-state index in [1.54, 1.807) is 0 Å². The van der Waals surface area contributed by atoms with Gasteiger partial charge in [0.2, 0.25) is 0 Å². The third-order valence-corrected chi connectivity index (χ3v) is 2.51. The van der Waals surface area contributed by atoms with Crippen LogP contribution >= 0.6 is 11.6 Å². The van der Waals surface area contributed by atoms with Crippen molar-refractivity contribution in [3.05, 3.63) is 46.7 Å². The molecule has 94 valence electrons. The van der Waals surface area contributed by atoms with Crippen LogP contribution in [0.3, 0.4) is 0 Å². The van der Waals surface area contributed by atoms with Gasteiger partial charge in [-0.3, -0.25) is 4.79 Å². The van der Waals surface area contributed by atoms with E-state index in [2.05, 4.69) is 5.10 Å². The van der Waals surface area contributed by atoms with Crippen molar-refractivity contribution in [2.24, 2.45) is 0 Å². The fourth-order valence-electron chi connectivity index (χ4n) is 1.43. The van der Waals surface area contributed by atoms with Gasteiger partial charge in [0, 0.05) is 16.8 Å². The number of hydrogen-bond acceptors (Lipinski definition) is 2. The van der Waals surface area contributed by atoms with Gasteiger partial charge in [0.25, 0.3) is 0 Å². The average Bonchev–Trinajstić information content (AvgIpc) is 2.77. The van der Waals surface area contributed by atoms with E-state index < -0.39 is 11.7 Å². The second-order valence-electron chi connectivity index (χ2n) is 3.49. The van der Waals surface area contributed by atoms with Gasteiger partial charge in [-0.25, -0.2) is 4.68 Å². The number of carbonyl (C=O) groups excluding carboxylic acids is 1. The van der Waals surface area contributed by atoms with Crippen LogP contribution in [-0.4, -0.2) is 16.1 Å². The molecule has 0 amide bonds. The number of carbonyl (C=O) groups is 1. The molecule has 0 atom stereocenters. The van der Waals surface area contributed by atoms with Crippen LogP contribution < -0.4 is 0 Å². The summed E-state index contributed by atoms with van der Waals surface area (Å²) in [5.74, 6) is 0. The smallest absolute Gasteiger partial charge is 0.298 e. The number of benzene rings is 1. The van der Waals surface area contributed by atoms with Gasteiger partial charge in [0.1, 0.15) is 0 Å². The van der Waals surface area contributed by atoms with Gasteiger partial charge in [0.05, 0.1) is 17.4 Å². The van der Waals surface area contributed by atoms with Crippen molar-refractivity contribution in [1.29, 1.82) is 0 Å². The molecular formula is C11H6ClF3N2O. The summed E-state index contributed by atoms with van der Waals surface area (Å²) in [6.45, 7) is 0. The maximum absolute atomic E-state index is 12.4. The summed E-state index contributed by atoms with van der Waals surface area (Å²) in [5, 5.41) is 3.91. The zero-order valence-electron chi connectivity index (χ0n) is 8.78. The predicted molar refractivity (Wildman–Crippen MR) is 59.0 cm³/mol. The molecule has 0 saturated carbocycles. The van der Waals surface area contributed by atoms with Crippen molar-refractivity contribution in [1.82, 2.24) is 9.78 Å². The van der Waals surface area contributed by atoms with Gasteiger partial charge in [-0.1, -0.05) is 11.6 Å². The van der Waals surface area contributed by atoms with Gasteiger partial charge in [-0.05, 0) is 18.2 Å². The summed E-state index contributed by atoms with van der Waals surface area (Å²) in [5.41, 5.74) is -0.474. The lowest BCUT2D eigenvalue weighted by Gasteiger charge is -2.05. The molecule has 0 aliphatic heterocycles. The lowest BCUT2D eigenvalue weighted by atomic mass is 10.2. The highest BCUT2D eigenvalue weighted by atomic mass is 35.5. The van der Waals surface area contributed by atoms with Crippen molar-refractivity contribution < 1.29 is 18.0 Å². The second-order valence-corrected chi connectivity index (χ2v) is 3.93. The van der Waals surface area contributed by atoms with Gasteiger partial charge < -0.3 is 0 Å². The van der Waals surface area contributed by atoms with Crippen LogP contribution in [-0.2, 0) is 6.18 Å².